The molecule has 1 aromatic rings. The summed E-state index contributed by atoms with van der Waals surface area (Å²) in [6, 6.07) is 1.47. The molecule has 2 aliphatic rings. The summed E-state index contributed by atoms with van der Waals surface area (Å²) in [5, 5.41) is 0. The second-order valence-corrected chi connectivity index (χ2v) is 6.90. The van der Waals surface area contributed by atoms with Crippen molar-refractivity contribution >= 4 is 11.8 Å². The van der Waals surface area contributed by atoms with Crippen LogP contribution < -0.4 is 0 Å². The number of piperidine rings is 1. The van der Waals surface area contributed by atoms with Gasteiger partial charge in [-0.1, -0.05) is 0 Å². The highest BCUT2D eigenvalue weighted by Crippen LogP contribution is 2.46. The molecule has 1 aromatic heterocycles. The summed E-state index contributed by atoms with van der Waals surface area (Å²) in [7, 11) is 1.53. The Morgan fingerprint density at radius 2 is 2.16 bits per heavy atom. The number of ether oxygens (including phenoxy) is 1. The van der Waals surface area contributed by atoms with E-state index in [0.29, 0.717) is 31.9 Å². The van der Waals surface area contributed by atoms with Crippen molar-refractivity contribution in [3.8, 4) is 0 Å². The van der Waals surface area contributed by atoms with Crippen LogP contribution in [0.5, 0.6) is 0 Å². The van der Waals surface area contributed by atoms with Crippen molar-refractivity contribution in [2.45, 2.75) is 25.7 Å². The van der Waals surface area contributed by atoms with Gasteiger partial charge in [0.1, 0.15) is 5.76 Å². The maximum Gasteiger partial charge on any atom is 0.266 e. The zero-order chi connectivity index (χ0) is 18.2. The Balaban J connectivity index is 1.83. The van der Waals surface area contributed by atoms with Crippen LogP contribution in [-0.4, -0.2) is 67.4 Å². The van der Waals surface area contributed by atoms with Gasteiger partial charge in [0.25, 0.3) is 11.8 Å². The van der Waals surface area contributed by atoms with Crippen molar-refractivity contribution in [3.05, 3.63) is 23.7 Å². The first kappa shape index (κ1) is 17.8. The van der Waals surface area contributed by atoms with Crippen molar-refractivity contribution < 1.29 is 27.5 Å². The molecule has 2 fully saturated rings. The molecule has 2 amide bonds. The molecule has 0 aliphatic carbocycles. The zero-order valence-electron chi connectivity index (χ0n) is 14.4. The molecule has 0 radical (unpaired) electrons. The summed E-state index contributed by atoms with van der Waals surface area (Å²) in [6.07, 6.45) is 1.16. The number of rotatable bonds is 4. The fourth-order valence-corrected chi connectivity index (χ4v) is 3.85. The summed E-state index contributed by atoms with van der Waals surface area (Å²) in [6.45, 7) is 2.08. The summed E-state index contributed by atoms with van der Waals surface area (Å²) in [4.78, 5) is 28.1. The molecule has 0 saturated carbocycles. The van der Waals surface area contributed by atoms with E-state index in [9.17, 15) is 18.4 Å². The Labute approximate surface area is 144 Å². The average Bonchev–Trinajstić information content (AvgIpc) is 3.09. The number of carbonyl (C=O) groups excluding carboxylic acids is 2. The minimum atomic E-state index is -3.10. The Morgan fingerprint density at radius 1 is 1.40 bits per heavy atom. The smallest absolute Gasteiger partial charge is 0.266 e. The predicted octanol–water partition coefficient (Wildman–Crippen LogP) is 1.93. The van der Waals surface area contributed by atoms with Crippen LogP contribution in [-0.2, 0) is 9.53 Å². The van der Waals surface area contributed by atoms with Crippen LogP contribution in [0.15, 0.2) is 16.7 Å². The number of carbonyl (C=O) groups is 2. The molecule has 3 heterocycles. The maximum atomic E-state index is 14.4. The molecule has 1 spiro atoms. The second-order valence-electron chi connectivity index (χ2n) is 6.90. The lowest BCUT2D eigenvalue weighted by atomic mass is 9.76. The van der Waals surface area contributed by atoms with Crippen LogP contribution in [0.1, 0.15) is 29.0 Å². The van der Waals surface area contributed by atoms with Gasteiger partial charge in [0, 0.05) is 33.2 Å². The molecule has 2 aliphatic heterocycles. The van der Waals surface area contributed by atoms with Gasteiger partial charge < -0.3 is 19.0 Å². The van der Waals surface area contributed by atoms with E-state index in [1.165, 1.54) is 19.4 Å². The van der Waals surface area contributed by atoms with Gasteiger partial charge >= 0.3 is 0 Å². The van der Waals surface area contributed by atoms with E-state index in [0.717, 1.165) is 4.90 Å². The van der Waals surface area contributed by atoms with Crippen molar-refractivity contribution in [3.63, 3.8) is 0 Å². The molecule has 0 aromatic carbocycles. The molecule has 25 heavy (non-hydrogen) atoms. The van der Waals surface area contributed by atoms with Gasteiger partial charge in [-0.05, 0) is 19.4 Å². The standard InChI is InChI=1S/C17H22F2N2O4/c1-12-13(3-7-25-12)14(22)21-10-16(9-17(18,19)11-21)4-5-20(15(16)23)6-8-24-2/h3,7H,4-6,8-11H2,1-2H3/t16-/m1/s1. The van der Waals surface area contributed by atoms with E-state index < -0.39 is 30.2 Å². The van der Waals surface area contributed by atoms with Gasteiger partial charge in [0.15, 0.2) is 0 Å². The average molecular weight is 356 g/mol. The highest BCUT2D eigenvalue weighted by atomic mass is 19.3. The molecule has 8 heteroatoms. The fraction of sp³-hybridized carbons (Fsp3) is 0.647. The van der Waals surface area contributed by atoms with Crippen molar-refractivity contribution in [1.29, 1.82) is 0 Å². The number of amides is 2. The predicted molar refractivity (Wildman–Crippen MR) is 84.4 cm³/mol. The van der Waals surface area contributed by atoms with Crippen molar-refractivity contribution in [2.75, 3.05) is 39.9 Å². The first-order valence-electron chi connectivity index (χ1n) is 8.27. The summed E-state index contributed by atoms with van der Waals surface area (Å²) in [5.41, 5.74) is -0.961. The van der Waals surface area contributed by atoms with E-state index in [1.54, 1.807) is 11.8 Å². The van der Waals surface area contributed by atoms with Gasteiger partial charge in [0.05, 0.1) is 30.4 Å². The second kappa shape index (κ2) is 6.40. The fourth-order valence-electron chi connectivity index (χ4n) is 3.85. The minimum absolute atomic E-state index is 0.00829. The van der Waals surface area contributed by atoms with Gasteiger partial charge in [-0.15, -0.1) is 0 Å². The molecular weight excluding hydrogens is 334 g/mol. The number of alkyl halides is 2. The first-order chi connectivity index (χ1) is 11.8. The topological polar surface area (TPSA) is 63.0 Å². The number of aryl methyl sites for hydroxylation is 1. The molecular formula is C17H22F2N2O4. The Hall–Kier alpha value is -1.96. The van der Waals surface area contributed by atoms with Gasteiger partial charge in [-0.25, -0.2) is 8.78 Å². The van der Waals surface area contributed by atoms with E-state index in [2.05, 4.69) is 0 Å². The van der Waals surface area contributed by atoms with Crippen LogP contribution in [0.25, 0.3) is 0 Å². The molecule has 0 unspecified atom stereocenters. The number of halogens is 2. The number of nitrogens with zero attached hydrogens (tertiary/aromatic N) is 2. The van der Waals surface area contributed by atoms with Crippen LogP contribution in [0.4, 0.5) is 8.78 Å². The van der Waals surface area contributed by atoms with Crippen LogP contribution in [0.2, 0.25) is 0 Å². The Kier molecular flexibility index (Phi) is 4.57. The Morgan fingerprint density at radius 3 is 2.80 bits per heavy atom. The minimum Gasteiger partial charge on any atom is -0.469 e. The normalized spacial score (nSPS) is 25.8. The highest BCUT2D eigenvalue weighted by molar-refractivity contribution is 5.96. The molecule has 6 nitrogen and oxygen atoms in total. The summed E-state index contributed by atoms with van der Waals surface area (Å²) in [5.74, 6) is -3.55. The van der Waals surface area contributed by atoms with E-state index in [1.807, 2.05) is 0 Å². The molecule has 138 valence electrons. The summed E-state index contributed by atoms with van der Waals surface area (Å²) < 4.78 is 38.9. The third kappa shape index (κ3) is 3.27. The number of methoxy groups -OCH3 is 1. The third-order valence-corrected chi connectivity index (χ3v) is 5.06. The van der Waals surface area contributed by atoms with Gasteiger partial charge in [0.2, 0.25) is 5.91 Å². The molecule has 0 bridgehead atoms. The lowest BCUT2D eigenvalue weighted by Gasteiger charge is -2.42. The number of hydrogen-bond acceptors (Lipinski definition) is 4. The largest absolute Gasteiger partial charge is 0.469 e. The van der Waals surface area contributed by atoms with Crippen LogP contribution >= 0.6 is 0 Å². The van der Waals surface area contributed by atoms with Gasteiger partial charge in [-0.2, -0.15) is 0 Å². The zero-order valence-corrected chi connectivity index (χ0v) is 14.4. The SMILES string of the molecule is COCCN1CC[C@@]2(CN(C(=O)c3ccoc3C)CC(F)(F)C2)C1=O. The Bertz CT molecular complexity index is 675. The van der Waals surface area contributed by atoms with Gasteiger partial charge in [-0.3, -0.25) is 9.59 Å². The summed E-state index contributed by atoms with van der Waals surface area (Å²) >= 11 is 0. The first-order valence-corrected chi connectivity index (χ1v) is 8.27. The monoisotopic (exact) mass is 356 g/mol. The van der Waals surface area contributed by atoms with E-state index >= 15 is 0 Å². The van der Waals surface area contributed by atoms with Crippen molar-refractivity contribution in [1.82, 2.24) is 9.80 Å². The van der Waals surface area contributed by atoms with E-state index in [4.69, 9.17) is 9.15 Å². The number of hydrogen-bond donors (Lipinski definition) is 0. The number of likely N-dealkylation sites (tertiary alicyclic amines) is 2. The van der Waals surface area contributed by atoms with E-state index in [-0.39, 0.29) is 18.0 Å². The lowest BCUT2D eigenvalue weighted by Crippen LogP contribution is -2.57. The lowest BCUT2D eigenvalue weighted by molar-refractivity contribution is -0.151. The molecule has 0 N–H and O–H groups in total. The quantitative estimate of drug-likeness (QED) is 0.827. The third-order valence-electron chi connectivity index (χ3n) is 5.06. The molecule has 1 atom stereocenters. The van der Waals surface area contributed by atoms with Crippen molar-refractivity contribution in [2.24, 2.45) is 5.41 Å². The van der Waals surface area contributed by atoms with Crippen LogP contribution in [0, 0.1) is 12.3 Å². The molecule has 2 saturated heterocycles. The molecule has 3 rings (SSSR count). The highest BCUT2D eigenvalue weighted by Gasteiger charge is 2.57. The maximum absolute atomic E-state index is 14.4. The van der Waals surface area contributed by atoms with Crippen LogP contribution in [0.3, 0.4) is 0 Å². The number of furan rings is 1.